The number of benzene rings is 4. The van der Waals surface area contributed by atoms with Crippen LogP contribution in [0.1, 0.15) is 31.4 Å². The Kier molecular flexibility index (Phi) is 11.2. The molecule has 0 aromatic heterocycles. The van der Waals surface area contributed by atoms with Crippen molar-refractivity contribution < 1.29 is 22.7 Å². The summed E-state index contributed by atoms with van der Waals surface area (Å²) in [6.07, 6.45) is 0.979. The maximum Gasteiger partial charge on any atom is 0.264 e. The van der Waals surface area contributed by atoms with Gasteiger partial charge in [0.2, 0.25) is 11.8 Å². The minimum atomic E-state index is -4.16. The molecule has 0 radical (unpaired) electrons. The Hall–Kier alpha value is -4.63. The second-order valence-electron chi connectivity index (χ2n) is 10.6. The van der Waals surface area contributed by atoms with Gasteiger partial charge in [-0.2, -0.15) is 0 Å². The van der Waals surface area contributed by atoms with E-state index in [4.69, 9.17) is 4.74 Å². The van der Waals surface area contributed by atoms with Gasteiger partial charge >= 0.3 is 0 Å². The first-order valence-electron chi connectivity index (χ1n) is 14.6. The zero-order chi connectivity index (χ0) is 31.5. The number of nitrogens with zero attached hydrogens (tertiary/aromatic N) is 2. The van der Waals surface area contributed by atoms with E-state index >= 15 is 0 Å². The molecule has 4 aromatic rings. The number of hydrogen-bond acceptors (Lipinski definition) is 5. The number of anilines is 1. The van der Waals surface area contributed by atoms with Gasteiger partial charge in [0, 0.05) is 19.0 Å². The molecule has 4 rings (SSSR count). The highest BCUT2D eigenvalue weighted by Gasteiger charge is 2.35. The van der Waals surface area contributed by atoms with Crippen molar-refractivity contribution >= 4 is 27.5 Å². The molecular formula is C35H39N3O5S. The van der Waals surface area contributed by atoms with Crippen molar-refractivity contribution in [2.24, 2.45) is 0 Å². The van der Waals surface area contributed by atoms with Crippen LogP contribution in [0.4, 0.5) is 5.69 Å². The van der Waals surface area contributed by atoms with Crippen LogP contribution in [0, 0.1) is 0 Å². The molecule has 0 aliphatic heterocycles. The summed E-state index contributed by atoms with van der Waals surface area (Å²) in [5.41, 5.74) is 2.00. The van der Waals surface area contributed by atoms with Gasteiger partial charge in [0.25, 0.3) is 10.0 Å². The van der Waals surface area contributed by atoms with Crippen molar-refractivity contribution in [1.82, 2.24) is 10.2 Å². The zero-order valence-electron chi connectivity index (χ0n) is 25.3. The summed E-state index contributed by atoms with van der Waals surface area (Å²) in [7, 11) is -2.63. The lowest BCUT2D eigenvalue weighted by atomic mass is 10.0. The Bertz CT molecular complexity index is 1600. The molecule has 44 heavy (non-hydrogen) atoms. The largest absolute Gasteiger partial charge is 0.497 e. The first kappa shape index (κ1) is 32.3. The smallest absolute Gasteiger partial charge is 0.264 e. The van der Waals surface area contributed by atoms with Crippen LogP contribution in [-0.2, 0) is 32.6 Å². The molecule has 2 atom stereocenters. The van der Waals surface area contributed by atoms with Crippen LogP contribution < -0.4 is 14.4 Å². The molecule has 4 aromatic carbocycles. The van der Waals surface area contributed by atoms with Gasteiger partial charge in [-0.15, -0.1) is 0 Å². The summed E-state index contributed by atoms with van der Waals surface area (Å²) in [4.78, 5) is 29.8. The molecule has 0 fully saturated rings. The number of ether oxygens (including phenoxy) is 1. The average Bonchev–Trinajstić information content (AvgIpc) is 3.06. The maximum atomic E-state index is 14.4. The molecule has 1 N–H and O–H groups in total. The van der Waals surface area contributed by atoms with Gasteiger partial charge in [-0.05, 0) is 60.9 Å². The van der Waals surface area contributed by atoms with Gasteiger partial charge in [0.15, 0.2) is 0 Å². The van der Waals surface area contributed by atoms with Gasteiger partial charge in [-0.3, -0.25) is 13.9 Å². The SMILES string of the molecule is CC[C@H](C)NC(=O)[C@H](Cc1ccccc1)N(Cc1ccccc1)C(=O)CN(c1ccc(OC)cc1)S(=O)(=O)c1ccccc1. The molecule has 0 bridgehead atoms. The summed E-state index contributed by atoms with van der Waals surface area (Å²) in [6.45, 7) is 3.50. The lowest BCUT2D eigenvalue weighted by Crippen LogP contribution is -2.54. The van der Waals surface area contributed by atoms with Crippen LogP contribution in [0.5, 0.6) is 5.75 Å². The van der Waals surface area contributed by atoms with Crippen molar-refractivity contribution in [3.05, 3.63) is 126 Å². The van der Waals surface area contributed by atoms with Gasteiger partial charge in [0.1, 0.15) is 18.3 Å². The standard InChI is InChI=1S/C35H39N3O5S/c1-4-27(2)36-35(40)33(24-28-14-8-5-9-15-28)37(25-29-16-10-6-11-17-29)34(39)26-38(30-20-22-31(43-3)23-21-30)44(41,42)32-18-12-7-13-19-32/h5-23,27,33H,4,24-26H2,1-3H3,(H,36,40)/t27-,33-/m0/s1. The van der Waals surface area contributed by atoms with Crippen LogP contribution in [-0.4, -0.2) is 50.9 Å². The van der Waals surface area contributed by atoms with Crippen LogP contribution >= 0.6 is 0 Å². The predicted molar refractivity (Wildman–Crippen MR) is 173 cm³/mol. The molecule has 8 nitrogen and oxygen atoms in total. The Balaban J connectivity index is 1.78. The second kappa shape index (κ2) is 15.2. The summed E-state index contributed by atoms with van der Waals surface area (Å²) >= 11 is 0. The van der Waals surface area contributed by atoms with Crippen LogP contribution in [0.15, 0.2) is 120 Å². The van der Waals surface area contributed by atoms with Crippen LogP contribution in [0.25, 0.3) is 0 Å². The number of sulfonamides is 1. The van der Waals surface area contributed by atoms with Crippen molar-refractivity contribution in [1.29, 1.82) is 0 Å². The molecule has 9 heteroatoms. The van der Waals surface area contributed by atoms with E-state index in [1.807, 2.05) is 74.5 Å². The van der Waals surface area contributed by atoms with Crippen molar-refractivity contribution in [3.8, 4) is 5.75 Å². The molecule has 0 saturated heterocycles. The summed E-state index contributed by atoms with van der Waals surface area (Å²) in [5, 5.41) is 3.05. The molecule has 0 spiro atoms. The Labute approximate surface area is 260 Å². The number of methoxy groups -OCH3 is 1. The number of rotatable bonds is 14. The summed E-state index contributed by atoms with van der Waals surface area (Å²) in [5.74, 6) is -0.258. The van der Waals surface area contributed by atoms with Crippen molar-refractivity contribution in [2.45, 2.75) is 50.2 Å². The minimum absolute atomic E-state index is 0.0496. The topological polar surface area (TPSA) is 96.0 Å². The number of amides is 2. The fourth-order valence-corrected chi connectivity index (χ4v) is 6.21. The number of nitrogens with one attached hydrogen (secondary N) is 1. The monoisotopic (exact) mass is 613 g/mol. The molecule has 230 valence electrons. The maximum absolute atomic E-state index is 14.4. The summed E-state index contributed by atoms with van der Waals surface area (Å²) in [6, 6.07) is 32.4. The predicted octanol–water partition coefficient (Wildman–Crippen LogP) is 5.45. The third-order valence-electron chi connectivity index (χ3n) is 7.44. The van der Waals surface area contributed by atoms with E-state index in [2.05, 4.69) is 5.32 Å². The third-order valence-corrected chi connectivity index (χ3v) is 9.23. The highest BCUT2D eigenvalue weighted by molar-refractivity contribution is 7.92. The molecule has 0 saturated carbocycles. The van der Waals surface area contributed by atoms with E-state index in [1.165, 1.54) is 24.1 Å². The fraction of sp³-hybridized carbons (Fsp3) is 0.257. The summed E-state index contributed by atoms with van der Waals surface area (Å²) < 4.78 is 34.4. The minimum Gasteiger partial charge on any atom is -0.497 e. The van der Waals surface area contributed by atoms with E-state index in [9.17, 15) is 18.0 Å². The van der Waals surface area contributed by atoms with E-state index in [-0.39, 0.29) is 29.8 Å². The molecule has 0 aliphatic carbocycles. The molecular weight excluding hydrogens is 574 g/mol. The van der Waals surface area contributed by atoms with Crippen LogP contribution in [0.2, 0.25) is 0 Å². The normalized spacial score (nSPS) is 12.5. The third kappa shape index (κ3) is 8.26. The number of carbonyl (C=O) groups excluding carboxylic acids is 2. The quantitative estimate of drug-likeness (QED) is 0.204. The van der Waals surface area contributed by atoms with E-state index in [0.717, 1.165) is 21.9 Å². The molecule has 0 heterocycles. The fourth-order valence-electron chi connectivity index (χ4n) is 4.77. The Morgan fingerprint density at radius 2 is 1.34 bits per heavy atom. The molecule has 0 aliphatic rings. The Morgan fingerprint density at radius 3 is 1.89 bits per heavy atom. The molecule has 0 unspecified atom stereocenters. The number of carbonyl (C=O) groups is 2. The van der Waals surface area contributed by atoms with Gasteiger partial charge < -0.3 is 15.0 Å². The van der Waals surface area contributed by atoms with Gasteiger partial charge in [-0.1, -0.05) is 85.8 Å². The van der Waals surface area contributed by atoms with Gasteiger partial charge in [-0.25, -0.2) is 8.42 Å². The van der Waals surface area contributed by atoms with E-state index in [0.29, 0.717) is 11.4 Å². The number of hydrogen-bond donors (Lipinski definition) is 1. The highest BCUT2D eigenvalue weighted by Crippen LogP contribution is 2.27. The highest BCUT2D eigenvalue weighted by atomic mass is 32.2. The lowest BCUT2D eigenvalue weighted by molar-refractivity contribution is -0.140. The molecule has 2 amide bonds. The first-order chi connectivity index (χ1) is 21.2. The Morgan fingerprint density at radius 1 is 0.795 bits per heavy atom. The van der Waals surface area contributed by atoms with Crippen LogP contribution in [0.3, 0.4) is 0 Å². The lowest BCUT2D eigenvalue weighted by Gasteiger charge is -2.34. The average molecular weight is 614 g/mol. The zero-order valence-corrected chi connectivity index (χ0v) is 26.1. The van der Waals surface area contributed by atoms with Crippen molar-refractivity contribution in [2.75, 3.05) is 18.0 Å². The van der Waals surface area contributed by atoms with Gasteiger partial charge in [0.05, 0.1) is 17.7 Å². The first-order valence-corrected chi connectivity index (χ1v) is 16.1. The second-order valence-corrected chi connectivity index (χ2v) is 12.4. The van der Waals surface area contributed by atoms with Crippen molar-refractivity contribution in [3.63, 3.8) is 0 Å². The van der Waals surface area contributed by atoms with E-state index in [1.54, 1.807) is 42.5 Å². The van der Waals surface area contributed by atoms with E-state index < -0.39 is 28.5 Å².